The quantitative estimate of drug-likeness (QED) is 0.438. The van der Waals surface area contributed by atoms with Crippen molar-refractivity contribution in [3.63, 3.8) is 0 Å². The fourth-order valence-electron chi connectivity index (χ4n) is 3.22. The number of fused-ring (bicyclic) bond motifs is 2. The minimum Gasteiger partial charge on any atom is -0.305 e. The summed E-state index contributed by atoms with van der Waals surface area (Å²) in [6.45, 7) is 4.22. The Kier molecular flexibility index (Phi) is 4.83. The van der Waals surface area contributed by atoms with Gasteiger partial charge in [-0.2, -0.15) is 5.10 Å². The summed E-state index contributed by atoms with van der Waals surface area (Å²) in [6, 6.07) is 19.7. The molecule has 0 saturated carbocycles. The molecule has 0 fully saturated rings. The molecular formula is C21H21N2O3P. The van der Waals surface area contributed by atoms with E-state index in [1.165, 1.54) is 0 Å². The lowest BCUT2D eigenvalue weighted by Gasteiger charge is -2.20. The number of benzene rings is 3. The second kappa shape index (κ2) is 7.28. The van der Waals surface area contributed by atoms with Gasteiger partial charge in [-0.1, -0.05) is 42.5 Å². The molecule has 0 unspecified atom stereocenters. The summed E-state index contributed by atoms with van der Waals surface area (Å²) in [6.07, 6.45) is 1.94. The highest BCUT2D eigenvalue weighted by atomic mass is 31.2. The van der Waals surface area contributed by atoms with Gasteiger partial charge in [-0.3, -0.25) is 4.57 Å². The van der Waals surface area contributed by atoms with E-state index in [1.54, 1.807) is 4.68 Å². The van der Waals surface area contributed by atoms with Crippen molar-refractivity contribution in [1.29, 1.82) is 0 Å². The molecule has 0 N–H and O–H groups in total. The van der Waals surface area contributed by atoms with Gasteiger partial charge < -0.3 is 9.05 Å². The first-order chi connectivity index (χ1) is 13.1. The Bertz CT molecular complexity index is 1110. The van der Waals surface area contributed by atoms with Gasteiger partial charge in [0.2, 0.25) is 0 Å². The molecule has 27 heavy (non-hydrogen) atoms. The maximum Gasteiger partial charge on any atom is 0.363 e. The van der Waals surface area contributed by atoms with Crippen molar-refractivity contribution in [2.75, 3.05) is 13.2 Å². The fourth-order valence-corrected chi connectivity index (χ4v) is 5.00. The molecule has 0 bridgehead atoms. The molecular weight excluding hydrogens is 359 g/mol. The summed E-state index contributed by atoms with van der Waals surface area (Å²) >= 11 is 0. The van der Waals surface area contributed by atoms with Crippen LogP contribution < -0.4 is 5.30 Å². The average Bonchev–Trinajstić information content (AvgIpc) is 3.11. The zero-order valence-electron chi connectivity index (χ0n) is 15.3. The maximum absolute atomic E-state index is 13.6. The molecule has 1 heterocycles. The SMILES string of the molecule is CCOP(=O)(OCC)c1cc2ccccc2cc1-n1cc2ccccc2n1. The van der Waals surface area contributed by atoms with E-state index in [-0.39, 0.29) is 0 Å². The van der Waals surface area contributed by atoms with Crippen LogP contribution in [0.5, 0.6) is 0 Å². The van der Waals surface area contributed by atoms with E-state index in [4.69, 9.17) is 9.05 Å². The second-order valence-corrected chi connectivity index (χ2v) is 8.15. The highest BCUT2D eigenvalue weighted by molar-refractivity contribution is 7.62. The van der Waals surface area contributed by atoms with E-state index in [2.05, 4.69) is 5.10 Å². The average molecular weight is 380 g/mol. The monoisotopic (exact) mass is 380 g/mol. The molecule has 0 aliphatic carbocycles. The smallest absolute Gasteiger partial charge is 0.305 e. The van der Waals surface area contributed by atoms with E-state index in [1.807, 2.05) is 80.7 Å². The Labute approximate surface area is 158 Å². The maximum atomic E-state index is 13.6. The van der Waals surface area contributed by atoms with Gasteiger partial charge in [0.15, 0.2) is 0 Å². The predicted molar refractivity (Wildman–Crippen MR) is 109 cm³/mol. The van der Waals surface area contributed by atoms with Gasteiger partial charge in [0, 0.05) is 11.6 Å². The third-order valence-electron chi connectivity index (χ3n) is 4.40. The van der Waals surface area contributed by atoms with Gasteiger partial charge in [0.25, 0.3) is 0 Å². The Balaban J connectivity index is 2.00. The van der Waals surface area contributed by atoms with E-state index < -0.39 is 7.60 Å². The molecule has 0 spiro atoms. The van der Waals surface area contributed by atoms with E-state index in [9.17, 15) is 4.57 Å². The number of aromatic nitrogens is 2. The standard InChI is InChI=1S/C21H21N2O3P/c1-3-25-27(24,26-4-2)21-14-17-10-6-5-9-16(17)13-20(21)23-15-18-11-7-8-12-19(18)22-23/h5-15H,3-4H2,1-2H3. The van der Waals surface area contributed by atoms with Crippen LogP contribution in [-0.2, 0) is 13.6 Å². The van der Waals surface area contributed by atoms with Crippen molar-refractivity contribution in [2.45, 2.75) is 13.8 Å². The molecule has 0 aliphatic rings. The summed E-state index contributed by atoms with van der Waals surface area (Å²) in [5, 5.41) is 8.22. The van der Waals surface area contributed by atoms with Crippen LogP contribution in [-0.4, -0.2) is 23.0 Å². The molecule has 4 aromatic rings. The van der Waals surface area contributed by atoms with Crippen LogP contribution in [0.4, 0.5) is 0 Å². The van der Waals surface area contributed by atoms with Crippen LogP contribution in [0.15, 0.2) is 66.9 Å². The van der Waals surface area contributed by atoms with Gasteiger partial charge in [-0.15, -0.1) is 0 Å². The number of hydrogen-bond donors (Lipinski definition) is 0. The first kappa shape index (κ1) is 17.9. The molecule has 138 valence electrons. The van der Waals surface area contributed by atoms with Crippen molar-refractivity contribution in [2.24, 2.45) is 0 Å². The molecule has 0 saturated heterocycles. The molecule has 5 nitrogen and oxygen atoms in total. The van der Waals surface area contributed by atoms with Gasteiger partial charge in [-0.05, 0) is 42.8 Å². The first-order valence-corrected chi connectivity index (χ1v) is 10.6. The van der Waals surface area contributed by atoms with Crippen molar-refractivity contribution in [1.82, 2.24) is 9.78 Å². The Morgan fingerprint density at radius 1 is 0.889 bits per heavy atom. The second-order valence-electron chi connectivity index (χ2n) is 6.15. The number of rotatable bonds is 6. The van der Waals surface area contributed by atoms with Crippen molar-refractivity contribution in [3.8, 4) is 5.69 Å². The zero-order valence-corrected chi connectivity index (χ0v) is 16.2. The van der Waals surface area contributed by atoms with Gasteiger partial charge >= 0.3 is 7.60 Å². The number of nitrogens with zero attached hydrogens (tertiary/aromatic N) is 2. The molecule has 6 heteroatoms. The lowest BCUT2D eigenvalue weighted by Crippen LogP contribution is -2.17. The van der Waals surface area contributed by atoms with Crippen LogP contribution in [0, 0.1) is 0 Å². The van der Waals surface area contributed by atoms with Crippen LogP contribution in [0.1, 0.15) is 13.8 Å². The highest BCUT2D eigenvalue weighted by Gasteiger charge is 2.31. The minimum atomic E-state index is -3.48. The van der Waals surface area contributed by atoms with E-state index >= 15 is 0 Å². The summed E-state index contributed by atoms with van der Waals surface area (Å²) in [4.78, 5) is 0. The molecule has 0 amide bonds. The van der Waals surface area contributed by atoms with Crippen molar-refractivity contribution in [3.05, 3.63) is 66.9 Å². The molecule has 4 rings (SSSR count). The van der Waals surface area contributed by atoms with Crippen LogP contribution in [0.3, 0.4) is 0 Å². The molecule has 3 aromatic carbocycles. The third kappa shape index (κ3) is 3.30. The van der Waals surface area contributed by atoms with Gasteiger partial charge in [0.05, 0.1) is 29.7 Å². The van der Waals surface area contributed by atoms with Crippen LogP contribution in [0.2, 0.25) is 0 Å². The highest BCUT2D eigenvalue weighted by Crippen LogP contribution is 2.49. The zero-order chi connectivity index (χ0) is 18.9. The fraction of sp³-hybridized carbons (Fsp3) is 0.190. The van der Waals surface area contributed by atoms with Crippen LogP contribution >= 0.6 is 7.60 Å². The van der Waals surface area contributed by atoms with E-state index in [0.717, 1.165) is 21.7 Å². The molecule has 0 aliphatic heterocycles. The van der Waals surface area contributed by atoms with Crippen molar-refractivity contribution < 1.29 is 13.6 Å². The van der Waals surface area contributed by atoms with E-state index in [0.29, 0.717) is 24.2 Å². The Morgan fingerprint density at radius 3 is 2.11 bits per heavy atom. The number of hydrogen-bond acceptors (Lipinski definition) is 4. The molecule has 0 atom stereocenters. The summed E-state index contributed by atoms with van der Waals surface area (Å²) in [7, 11) is -3.48. The first-order valence-electron chi connectivity index (χ1n) is 9.02. The molecule has 1 aromatic heterocycles. The Hall–Kier alpha value is -2.46. The van der Waals surface area contributed by atoms with Crippen LogP contribution in [0.25, 0.3) is 27.4 Å². The lowest BCUT2D eigenvalue weighted by atomic mass is 10.1. The topological polar surface area (TPSA) is 53.4 Å². The summed E-state index contributed by atoms with van der Waals surface area (Å²) < 4.78 is 26.6. The van der Waals surface area contributed by atoms with Gasteiger partial charge in [0.1, 0.15) is 0 Å². The largest absolute Gasteiger partial charge is 0.363 e. The van der Waals surface area contributed by atoms with Crippen molar-refractivity contribution >= 4 is 34.6 Å². The normalized spacial score (nSPS) is 12.1. The predicted octanol–water partition coefficient (Wildman–Crippen LogP) is 5.07. The lowest BCUT2D eigenvalue weighted by molar-refractivity contribution is 0.230. The van der Waals surface area contributed by atoms with Gasteiger partial charge in [-0.25, -0.2) is 4.68 Å². The third-order valence-corrected chi connectivity index (χ3v) is 6.54. The minimum absolute atomic E-state index is 0.296. The molecule has 0 radical (unpaired) electrons. The Morgan fingerprint density at radius 2 is 1.48 bits per heavy atom. The summed E-state index contributed by atoms with van der Waals surface area (Å²) in [5.74, 6) is 0. The summed E-state index contributed by atoms with van der Waals surface area (Å²) in [5.41, 5.74) is 1.58.